The van der Waals surface area contributed by atoms with Crippen molar-refractivity contribution < 1.29 is 9.47 Å². The molecular weight excluding hydrogens is 286 g/mol. The average molecular weight is 304 g/mol. The van der Waals surface area contributed by atoms with E-state index in [2.05, 4.69) is 0 Å². The Morgan fingerprint density at radius 3 is 2.71 bits per heavy atom. The first-order valence-electron chi connectivity index (χ1n) is 7.03. The van der Waals surface area contributed by atoms with Crippen LogP contribution in [0.5, 0.6) is 11.5 Å². The molecule has 0 bridgehead atoms. The normalized spacial score (nSPS) is 15.6. The van der Waals surface area contributed by atoms with Crippen molar-refractivity contribution >= 4 is 11.6 Å². The molecule has 1 aliphatic carbocycles. The van der Waals surface area contributed by atoms with E-state index in [0.717, 1.165) is 35.5 Å². The molecule has 0 aromatic heterocycles. The topological polar surface area (TPSA) is 44.5 Å². The molecular formula is C17H18ClNO2. The maximum absolute atomic E-state index is 6.38. The van der Waals surface area contributed by atoms with Crippen molar-refractivity contribution in [3.8, 4) is 11.5 Å². The fourth-order valence-corrected chi connectivity index (χ4v) is 2.47. The Hall–Kier alpha value is -1.71. The number of halogens is 1. The van der Waals surface area contributed by atoms with Gasteiger partial charge < -0.3 is 15.2 Å². The molecule has 3 nitrogen and oxygen atoms in total. The predicted molar refractivity (Wildman–Crippen MR) is 84.1 cm³/mol. The van der Waals surface area contributed by atoms with Gasteiger partial charge in [0.1, 0.15) is 11.5 Å². The Morgan fingerprint density at radius 1 is 1.19 bits per heavy atom. The van der Waals surface area contributed by atoms with Gasteiger partial charge in [0, 0.05) is 10.6 Å². The first-order chi connectivity index (χ1) is 10.2. The Morgan fingerprint density at radius 2 is 2.00 bits per heavy atom. The zero-order valence-corrected chi connectivity index (χ0v) is 12.6. The number of nitrogens with two attached hydrogens (primary N) is 1. The van der Waals surface area contributed by atoms with Crippen molar-refractivity contribution in [2.75, 3.05) is 7.11 Å². The molecule has 0 heterocycles. The highest BCUT2D eigenvalue weighted by Crippen LogP contribution is 2.33. The summed E-state index contributed by atoms with van der Waals surface area (Å²) < 4.78 is 11.2. The third kappa shape index (κ3) is 3.31. The summed E-state index contributed by atoms with van der Waals surface area (Å²) in [6.45, 7) is 0. The Balaban J connectivity index is 1.90. The van der Waals surface area contributed by atoms with Crippen LogP contribution in [-0.4, -0.2) is 13.2 Å². The molecule has 3 rings (SSSR count). The van der Waals surface area contributed by atoms with Gasteiger partial charge in [-0.25, -0.2) is 0 Å². The molecule has 4 heteroatoms. The van der Waals surface area contributed by atoms with Crippen LogP contribution in [0.2, 0.25) is 5.02 Å². The third-order valence-corrected chi connectivity index (χ3v) is 3.81. The second kappa shape index (κ2) is 5.96. The van der Waals surface area contributed by atoms with Crippen LogP contribution >= 0.6 is 11.6 Å². The van der Waals surface area contributed by atoms with Crippen LogP contribution in [-0.2, 0) is 0 Å². The standard InChI is InChI=1S/C17H18ClNO2/c1-20-16-8-5-12(18)10-15(16)17(19)11-3-2-4-14(9-11)21-13-6-7-13/h2-5,8-10,13,17H,6-7,19H2,1H3. The molecule has 0 amide bonds. The van der Waals surface area contributed by atoms with Gasteiger partial charge in [-0.15, -0.1) is 0 Å². The third-order valence-electron chi connectivity index (χ3n) is 3.57. The van der Waals surface area contributed by atoms with Crippen LogP contribution in [0.25, 0.3) is 0 Å². The van der Waals surface area contributed by atoms with E-state index in [9.17, 15) is 0 Å². The number of hydrogen-bond donors (Lipinski definition) is 1. The van der Waals surface area contributed by atoms with E-state index in [1.807, 2.05) is 36.4 Å². The maximum Gasteiger partial charge on any atom is 0.124 e. The van der Waals surface area contributed by atoms with E-state index in [1.165, 1.54) is 0 Å². The Bertz CT molecular complexity index is 640. The second-order valence-corrected chi connectivity index (χ2v) is 5.69. The van der Waals surface area contributed by atoms with Gasteiger partial charge in [-0.2, -0.15) is 0 Å². The molecule has 0 spiro atoms. The lowest BCUT2D eigenvalue weighted by Gasteiger charge is -2.17. The first kappa shape index (κ1) is 14.2. The highest BCUT2D eigenvalue weighted by molar-refractivity contribution is 6.30. The largest absolute Gasteiger partial charge is 0.496 e. The summed E-state index contributed by atoms with van der Waals surface area (Å²) in [5, 5.41) is 0.645. The molecule has 2 aromatic carbocycles. The summed E-state index contributed by atoms with van der Waals surface area (Å²) in [6, 6.07) is 13.1. The SMILES string of the molecule is COc1ccc(Cl)cc1C(N)c1cccc(OC2CC2)c1. The lowest BCUT2D eigenvalue weighted by Crippen LogP contribution is -2.13. The van der Waals surface area contributed by atoms with Crippen molar-refractivity contribution in [2.45, 2.75) is 25.0 Å². The van der Waals surface area contributed by atoms with Gasteiger partial charge in [-0.1, -0.05) is 23.7 Å². The second-order valence-electron chi connectivity index (χ2n) is 5.25. The average Bonchev–Trinajstić information content (AvgIpc) is 3.30. The van der Waals surface area contributed by atoms with E-state index < -0.39 is 0 Å². The molecule has 1 fully saturated rings. The smallest absolute Gasteiger partial charge is 0.124 e. The molecule has 2 aromatic rings. The molecule has 1 saturated carbocycles. The molecule has 0 saturated heterocycles. The zero-order chi connectivity index (χ0) is 14.8. The van der Waals surface area contributed by atoms with Gasteiger partial charge in [0.2, 0.25) is 0 Å². The van der Waals surface area contributed by atoms with Crippen molar-refractivity contribution in [3.05, 3.63) is 58.6 Å². The lowest BCUT2D eigenvalue weighted by molar-refractivity contribution is 0.303. The van der Waals surface area contributed by atoms with Gasteiger partial charge in [0.15, 0.2) is 0 Å². The van der Waals surface area contributed by atoms with Gasteiger partial charge in [-0.05, 0) is 48.7 Å². The van der Waals surface area contributed by atoms with E-state index in [4.69, 9.17) is 26.8 Å². The minimum atomic E-state index is -0.304. The summed E-state index contributed by atoms with van der Waals surface area (Å²) in [4.78, 5) is 0. The maximum atomic E-state index is 6.38. The van der Waals surface area contributed by atoms with Crippen molar-refractivity contribution in [1.82, 2.24) is 0 Å². The van der Waals surface area contributed by atoms with Crippen molar-refractivity contribution in [1.29, 1.82) is 0 Å². The van der Waals surface area contributed by atoms with Gasteiger partial charge in [-0.3, -0.25) is 0 Å². The highest BCUT2D eigenvalue weighted by Gasteiger charge is 2.24. The molecule has 0 aliphatic heterocycles. The van der Waals surface area contributed by atoms with E-state index >= 15 is 0 Å². The van der Waals surface area contributed by atoms with Gasteiger partial charge >= 0.3 is 0 Å². The van der Waals surface area contributed by atoms with Crippen LogP contribution in [0.4, 0.5) is 0 Å². The summed E-state index contributed by atoms with van der Waals surface area (Å²) in [7, 11) is 1.63. The molecule has 1 atom stereocenters. The number of methoxy groups -OCH3 is 1. The number of ether oxygens (including phenoxy) is 2. The molecule has 2 N–H and O–H groups in total. The molecule has 0 radical (unpaired) electrons. The fourth-order valence-electron chi connectivity index (χ4n) is 2.29. The first-order valence-corrected chi connectivity index (χ1v) is 7.41. The van der Waals surface area contributed by atoms with Crippen LogP contribution < -0.4 is 15.2 Å². The number of benzene rings is 2. The summed E-state index contributed by atoms with van der Waals surface area (Å²) in [6.07, 6.45) is 2.65. The molecule has 21 heavy (non-hydrogen) atoms. The van der Waals surface area contributed by atoms with Crippen LogP contribution in [0.3, 0.4) is 0 Å². The van der Waals surface area contributed by atoms with E-state index in [1.54, 1.807) is 13.2 Å². The zero-order valence-electron chi connectivity index (χ0n) is 11.9. The quantitative estimate of drug-likeness (QED) is 0.910. The van der Waals surface area contributed by atoms with Gasteiger partial charge in [0.25, 0.3) is 0 Å². The van der Waals surface area contributed by atoms with Crippen LogP contribution in [0.1, 0.15) is 30.0 Å². The molecule has 1 unspecified atom stereocenters. The minimum Gasteiger partial charge on any atom is -0.496 e. The Kier molecular flexibility index (Phi) is 4.04. The number of rotatable bonds is 5. The number of hydrogen-bond acceptors (Lipinski definition) is 3. The van der Waals surface area contributed by atoms with Crippen molar-refractivity contribution in [2.24, 2.45) is 5.73 Å². The fraction of sp³-hybridized carbons (Fsp3) is 0.294. The van der Waals surface area contributed by atoms with Gasteiger partial charge in [0.05, 0.1) is 19.3 Å². The van der Waals surface area contributed by atoms with Crippen LogP contribution in [0, 0.1) is 0 Å². The van der Waals surface area contributed by atoms with E-state index in [0.29, 0.717) is 11.1 Å². The summed E-state index contributed by atoms with van der Waals surface area (Å²) in [5.74, 6) is 1.60. The Labute approximate surface area is 129 Å². The predicted octanol–water partition coefficient (Wildman–Crippen LogP) is 3.94. The summed E-state index contributed by atoms with van der Waals surface area (Å²) in [5.41, 5.74) is 8.23. The monoisotopic (exact) mass is 303 g/mol. The summed E-state index contributed by atoms with van der Waals surface area (Å²) >= 11 is 6.08. The highest BCUT2D eigenvalue weighted by atomic mass is 35.5. The van der Waals surface area contributed by atoms with Crippen molar-refractivity contribution in [3.63, 3.8) is 0 Å². The minimum absolute atomic E-state index is 0.304. The molecule has 110 valence electrons. The van der Waals surface area contributed by atoms with Crippen LogP contribution in [0.15, 0.2) is 42.5 Å². The lowest BCUT2D eigenvalue weighted by atomic mass is 9.98. The van der Waals surface area contributed by atoms with E-state index in [-0.39, 0.29) is 6.04 Å². The molecule has 1 aliphatic rings.